The summed E-state index contributed by atoms with van der Waals surface area (Å²) < 4.78 is 0. The Kier molecular flexibility index (Phi) is 6.94. The Hall–Kier alpha value is -3.94. The Balaban J connectivity index is 1.62. The Morgan fingerprint density at radius 3 is 1.33 bits per heavy atom. The van der Waals surface area contributed by atoms with Crippen LogP contribution in [-0.2, 0) is 0 Å². The van der Waals surface area contributed by atoms with Gasteiger partial charge in [0.25, 0.3) is 5.69 Å². The maximum absolute atomic E-state index is 10.7. The number of hydrogen-bond acceptors (Lipinski definition) is 7. The average Bonchev–Trinajstić information content (AvgIpc) is 2.79. The van der Waals surface area contributed by atoms with Gasteiger partial charge in [0.1, 0.15) is 0 Å². The van der Waals surface area contributed by atoms with Crippen LogP contribution in [0.25, 0.3) is 0 Å². The van der Waals surface area contributed by atoms with E-state index in [0.29, 0.717) is 17.1 Å². The molecule has 0 N–H and O–H groups in total. The van der Waals surface area contributed by atoms with Crippen molar-refractivity contribution in [3.8, 4) is 0 Å². The van der Waals surface area contributed by atoms with E-state index in [4.69, 9.17) is 0 Å². The maximum Gasteiger partial charge on any atom is 0.269 e. The molecule has 0 radical (unpaired) electrons. The van der Waals surface area contributed by atoms with E-state index in [9.17, 15) is 10.1 Å². The molecule has 30 heavy (non-hydrogen) atoms. The van der Waals surface area contributed by atoms with E-state index in [0.717, 1.165) is 18.8 Å². The predicted molar refractivity (Wildman–Crippen MR) is 118 cm³/mol. The predicted octanol–water partition coefficient (Wildman–Crippen LogP) is 7.27. The summed E-state index contributed by atoms with van der Waals surface area (Å²) in [6.07, 6.45) is 0. The summed E-state index contributed by atoms with van der Waals surface area (Å²) in [5.74, 6) is 0. The van der Waals surface area contributed by atoms with Crippen molar-refractivity contribution in [1.29, 1.82) is 0 Å². The van der Waals surface area contributed by atoms with Crippen LogP contribution in [0.2, 0.25) is 0 Å². The van der Waals surface area contributed by atoms with Gasteiger partial charge in [-0.1, -0.05) is 0 Å². The van der Waals surface area contributed by atoms with Gasteiger partial charge in [0.15, 0.2) is 0 Å². The van der Waals surface area contributed by atoms with Crippen molar-refractivity contribution in [1.82, 2.24) is 0 Å². The lowest BCUT2D eigenvalue weighted by Crippen LogP contribution is -2.21. The zero-order valence-corrected chi connectivity index (χ0v) is 16.8. The normalized spacial score (nSPS) is 11.3. The smallest absolute Gasteiger partial charge is 0.269 e. The average molecular weight is 402 g/mol. The number of nitro groups is 1. The molecule has 0 fully saturated rings. The highest BCUT2D eigenvalue weighted by Gasteiger charge is 2.03. The first kappa shape index (κ1) is 20.8. The summed E-state index contributed by atoms with van der Waals surface area (Å²) >= 11 is 0. The fourth-order valence-electron chi connectivity index (χ4n) is 2.78. The standard InChI is InChI=1S/C22H22N6O2/c1-3-27(4-2)21-13-9-19(10-14-21)25-23-17-5-7-18(8-6-17)24-26-20-11-15-22(16-12-20)28(29)30/h5-16H,3-4H2,1-2H3. The minimum absolute atomic E-state index is 0.0198. The molecule has 0 saturated heterocycles. The molecule has 0 aliphatic rings. The van der Waals surface area contributed by atoms with E-state index >= 15 is 0 Å². The molecular weight excluding hydrogens is 380 g/mol. The molecule has 0 spiro atoms. The Bertz CT molecular complexity index is 1020. The molecule has 152 valence electrons. The highest BCUT2D eigenvalue weighted by molar-refractivity contribution is 5.53. The molecule has 3 rings (SSSR count). The van der Waals surface area contributed by atoms with Crippen molar-refractivity contribution < 1.29 is 4.92 Å². The van der Waals surface area contributed by atoms with Gasteiger partial charge in [-0.25, -0.2) is 0 Å². The number of non-ortho nitro benzene ring substituents is 1. The number of nitro benzene ring substituents is 1. The van der Waals surface area contributed by atoms with Crippen LogP contribution >= 0.6 is 0 Å². The lowest BCUT2D eigenvalue weighted by molar-refractivity contribution is -0.384. The second-order valence-corrected chi connectivity index (χ2v) is 6.38. The van der Waals surface area contributed by atoms with E-state index in [-0.39, 0.29) is 5.69 Å². The van der Waals surface area contributed by atoms with Gasteiger partial charge in [-0.05, 0) is 74.5 Å². The molecule has 0 bridgehead atoms. The third-order valence-electron chi connectivity index (χ3n) is 4.45. The SMILES string of the molecule is CCN(CC)c1ccc(N=Nc2ccc(N=Nc3ccc([N+](=O)[O-])cc3)cc2)cc1. The monoisotopic (exact) mass is 402 g/mol. The van der Waals surface area contributed by atoms with Gasteiger partial charge in [0.2, 0.25) is 0 Å². The Morgan fingerprint density at radius 1 is 0.667 bits per heavy atom. The zero-order chi connectivity index (χ0) is 21.3. The van der Waals surface area contributed by atoms with E-state index in [1.807, 2.05) is 24.3 Å². The van der Waals surface area contributed by atoms with Gasteiger partial charge in [0, 0.05) is 30.9 Å². The molecule has 0 saturated carbocycles. The van der Waals surface area contributed by atoms with Crippen molar-refractivity contribution in [2.45, 2.75) is 13.8 Å². The quantitative estimate of drug-likeness (QED) is 0.225. The van der Waals surface area contributed by atoms with E-state index in [1.165, 1.54) is 17.8 Å². The molecule has 0 amide bonds. The van der Waals surface area contributed by atoms with E-state index < -0.39 is 4.92 Å². The van der Waals surface area contributed by atoms with Crippen LogP contribution in [0.15, 0.2) is 93.3 Å². The van der Waals surface area contributed by atoms with Crippen molar-refractivity contribution in [2.24, 2.45) is 20.5 Å². The molecule has 0 aliphatic carbocycles. The first-order valence-electron chi connectivity index (χ1n) is 9.62. The number of rotatable bonds is 8. The van der Waals surface area contributed by atoms with Gasteiger partial charge < -0.3 is 4.90 Å². The molecule has 8 nitrogen and oxygen atoms in total. The first-order valence-corrected chi connectivity index (χ1v) is 9.62. The Labute approximate surface area is 174 Å². The van der Waals surface area contributed by atoms with Crippen LogP contribution in [0.4, 0.5) is 34.1 Å². The molecule has 0 heterocycles. The van der Waals surface area contributed by atoms with Crippen molar-refractivity contribution >= 4 is 34.1 Å². The summed E-state index contributed by atoms with van der Waals surface area (Å²) in [6, 6.07) is 21.1. The van der Waals surface area contributed by atoms with E-state index in [1.54, 1.807) is 36.4 Å². The molecule has 3 aromatic carbocycles. The minimum atomic E-state index is -0.451. The third kappa shape index (κ3) is 5.54. The van der Waals surface area contributed by atoms with Crippen LogP contribution in [0.3, 0.4) is 0 Å². The highest BCUT2D eigenvalue weighted by atomic mass is 16.6. The topological polar surface area (TPSA) is 95.8 Å². The first-order chi connectivity index (χ1) is 14.6. The summed E-state index contributed by atoms with van der Waals surface area (Å²) in [5, 5.41) is 27.4. The molecule has 0 unspecified atom stereocenters. The summed E-state index contributed by atoms with van der Waals surface area (Å²) in [4.78, 5) is 12.5. The van der Waals surface area contributed by atoms with Crippen molar-refractivity contribution in [2.75, 3.05) is 18.0 Å². The van der Waals surface area contributed by atoms with Crippen LogP contribution in [0.1, 0.15) is 13.8 Å². The molecule has 0 aliphatic heterocycles. The second kappa shape index (κ2) is 10.0. The number of azo groups is 2. The molecule has 0 aromatic heterocycles. The summed E-state index contributed by atoms with van der Waals surface area (Å²) in [7, 11) is 0. The van der Waals surface area contributed by atoms with Gasteiger partial charge >= 0.3 is 0 Å². The van der Waals surface area contributed by atoms with Gasteiger partial charge in [-0.15, -0.1) is 0 Å². The molecule has 8 heteroatoms. The van der Waals surface area contributed by atoms with Gasteiger partial charge in [0.05, 0.1) is 27.7 Å². The minimum Gasteiger partial charge on any atom is -0.372 e. The van der Waals surface area contributed by atoms with Gasteiger partial charge in [-0.2, -0.15) is 20.5 Å². The van der Waals surface area contributed by atoms with Crippen molar-refractivity contribution in [3.63, 3.8) is 0 Å². The fourth-order valence-corrected chi connectivity index (χ4v) is 2.78. The molecule has 3 aromatic rings. The lowest BCUT2D eigenvalue weighted by Gasteiger charge is -2.20. The number of hydrogen-bond donors (Lipinski definition) is 0. The summed E-state index contributed by atoms with van der Waals surface area (Å²) in [5.41, 5.74) is 3.87. The highest BCUT2D eigenvalue weighted by Crippen LogP contribution is 2.25. The second-order valence-electron chi connectivity index (χ2n) is 6.38. The summed E-state index contributed by atoms with van der Waals surface area (Å²) in [6.45, 7) is 6.19. The third-order valence-corrected chi connectivity index (χ3v) is 4.45. The fraction of sp³-hybridized carbons (Fsp3) is 0.182. The largest absolute Gasteiger partial charge is 0.372 e. The number of benzene rings is 3. The lowest BCUT2D eigenvalue weighted by atomic mass is 10.2. The van der Waals surface area contributed by atoms with Crippen LogP contribution in [-0.4, -0.2) is 18.0 Å². The molecule has 0 atom stereocenters. The zero-order valence-electron chi connectivity index (χ0n) is 16.8. The number of anilines is 1. The maximum atomic E-state index is 10.7. The van der Waals surface area contributed by atoms with Crippen LogP contribution in [0.5, 0.6) is 0 Å². The van der Waals surface area contributed by atoms with Crippen LogP contribution < -0.4 is 4.90 Å². The van der Waals surface area contributed by atoms with E-state index in [2.05, 4.69) is 39.2 Å². The number of nitrogens with zero attached hydrogens (tertiary/aromatic N) is 6. The molecular formula is C22H22N6O2. The van der Waals surface area contributed by atoms with Crippen LogP contribution in [0, 0.1) is 10.1 Å². The Morgan fingerprint density at radius 2 is 1.00 bits per heavy atom. The van der Waals surface area contributed by atoms with Crippen molar-refractivity contribution in [3.05, 3.63) is 82.9 Å². The van der Waals surface area contributed by atoms with Gasteiger partial charge in [-0.3, -0.25) is 10.1 Å².